The van der Waals surface area contributed by atoms with Crippen LogP contribution in [-0.2, 0) is 0 Å². The summed E-state index contributed by atoms with van der Waals surface area (Å²) in [6.07, 6.45) is 0. The van der Waals surface area contributed by atoms with Gasteiger partial charge in [-0.3, -0.25) is 4.57 Å². The first-order chi connectivity index (χ1) is 26.6. The minimum absolute atomic E-state index is 0.0138. The molecule has 2 heteroatoms. The molecule has 8 aromatic rings. The third kappa shape index (κ3) is 3.84. The number of benzene rings is 7. The zero-order valence-electron chi connectivity index (χ0n) is 36.2. The SMILES string of the molecule is [2H]c1c([2H])c([2H])c(-c2ccc3c(-n4c(-c5c([2H])c([2H])c([2H])c([2H])c5[2H])nc5ccccc54)c4ccccc4c(-c4c([2H])c([2H])c([2H])c([2H])c4[2H])c3c2)c([2H])c1[2H]. The first-order valence-corrected chi connectivity index (χ1v) is 12.8. The Morgan fingerprint density at radius 3 is 1.80 bits per heavy atom. The van der Waals surface area contributed by atoms with Gasteiger partial charge in [0.15, 0.2) is 0 Å². The lowest BCUT2D eigenvalue weighted by atomic mass is 9.88. The van der Waals surface area contributed by atoms with Crippen LogP contribution in [0.1, 0.15) is 20.6 Å². The highest BCUT2D eigenvalue weighted by Gasteiger charge is 2.22. The van der Waals surface area contributed by atoms with E-state index in [4.69, 9.17) is 25.5 Å². The van der Waals surface area contributed by atoms with Crippen molar-refractivity contribution in [3.8, 4) is 39.3 Å². The van der Waals surface area contributed by atoms with Crippen LogP contribution in [0.5, 0.6) is 0 Å². The van der Waals surface area contributed by atoms with Crippen LogP contribution in [0.25, 0.3) is 71.9 Å². The van der Waals surface area contributed by atoms with Crippen molar-refractivity contribution in [3.05, 3.63) is 157 Å². The van der Waals surface area contributed by atoms with Gasteiger partial charge < -0.3 is 0 Å². The Bertz CT molecular complexity index is 2960. The largest absolute Gasteiger partial charge is 0.291 e. The van der Waals surface area contributed by atoms with Crippen molar-refractivity contribution in [2.75, 3.05) is 0 Å². The van der Waals surface area contributed by atoms with E-state index in [2.05, 4.69) is 0 Å². The van der Waals surface area contributed by atoms with Crippen LogP contribution in [-0.4, -0.2) is 9.55 Å². The summed E-state index contributed by atoms with van der Waals surface area (Å²) in [5.41, 5.74) is 1.29. The lowest BCUT2D eigenvalue weighted by Crippen LogP contribution is -2.01. The fourth-order valence-corrected chi connectivity index (χ4v) is 5.37. The Kier molecular flexibility index (Phi) is 3.00. The van der Waals surface area contributed by atoms with E-state index in [0.717, 1.165) is 0 Å². The van der Waals surface area contributed by atoms with Crippen molar-refractivity contribution in [3.63, 3.8) is 0 Å². The average molecular weight is 538 g/mol. The quantitative estimate of drug-likeness (QED) is 0.204. The highest BCUT2D eigenvalue weighted by molar-refractivity contribution is 6.19. The Balaban J connectivity index is 1.64. The van der Waals surface area contributed by atoms with Gasteiger partial charge in [0, 0.05) is 16.3 Å². The summed E-state index contributed by atoms with van der Waals surface area (Å²) < 4.78 is 130. The number of fused-ring (bicyclic) bond motifs is 3. The molecule has 0 atom stereocenters. The molecule has 0 spiro atoms. The van der Waals surface area contributed by atoms with E-state index in [9.17, 15) is 0 Å². The van der Waals surface area contributed by atoms with Gasteiger partial charge in [-0.15, -0.1) is 0 Å². The third-order valence-corrected chi connectivity index (χ3v) is 7.04. The maximum Gasteiger partial charge on any atom is 0.145 e. The number of nitrogens with zero attached hydrogens (tertiary/aromatic N) is 2. The molecule has 1 aromatic heterocycles. The predicted octanol–water partition coefficient (Wildman–Crippen LogP) is 10.3. The van der Waals surface area contributed by atoms with Crippen LogP contribution in [0.15, 0.2) is 157 Å². The van der Waals surface area contributed by atoms with Gasteiger partial charge in [-0.2, -0.15) is 0 Å². The number of rotatable bonds is 4. The highest BCUT2D eigenvalue weighted by Crippen LogP contribution is 2.44. The lowest BCUT2D eigenvalue weighted by Gasteiger charge is -2.20. The summed E-state index contributed by atoms with van der Waals surface area (Å²) in [5.74, 6) is 0.0138. The number of para-hydroxylation sites is 2. The van der Waals surface area contributed by atoms with Crippen molar-refractivity contribution < 1.29 is 20.6 Å². The number of aromatic nitrogens is 2. The Morgan fingerprint density at radius 1 is 0.488 bits per heavy atom. The molecule has 0 fully saturated rings. The van der Waals surface area contributed by atoms with Crippen molar-refractivity contribution in [2.24, 2.45) is 0 Å². The summed E-state index contributed by atoms with van der Waals surface area (Å²) in [6.45, 7) is 0. The lowest BCUT2D eigenvalue weighted by molar-refractivity contribution is 1.13. The molecule has 0 amide bonds. The van der Waals surface area contributed by atoms with Crippen LogP contribution in [0.2, 0.25) is 0 Å². The van der Waals surface area contributed by atoms with Gasteiger partial charge in [0.05, 0.1) is 37.3 Å². The van der Waals surface area contributed by atoms with Crippen LogP contribution < -0.4 is 0 Å². The van der Waals surface area contributed by atoms with Crippen LogP contribution in [0.3, 0.4) is 0 Å². The van der Waals surface area contributed by atoms with Gasteiger partial charge >= 0.3 is 0 Å². The summed E-state index contributed by atoms with van der Waals surface area (Å²) in [5, 5.41) is 1.54. The molecule has 0 aliphatic carbocycles. The topological polar surface area (TPSA) is 17.8 Å². The maximum absolute atomic E-state index is 9.03. The van der Waals surface area contributed by atoms with E-state index >= 15 is 0 Å². The molecule has 41 heavy (non-hydrogen) atoms. The molecule has 192 valence electrons. The Labute approximate surface area is 259 Å². The second-order valence-corrected chi connectivity index (χ2v) is 9.29. The monoisotopic (exact) mass is 537 g/mol. The van der Waals surface area contributed by atoms with Gasteiger partial charge in [0.1, 0.15) is 5.82 Å². The van der Waals surface area contributed by atoms with Crippen LogP contribution >= 0.6 is 0 Å². The zero-order valence-corrected chi connectivity index (χ0v) is 21.2. The molecule has 2 nitrogen and oxygen atoms in total. The molecule has 0 unspecified atom stereocenters. The second kappa shape index (κ2) is 9.62. The molecule has 0 bridgehead atoms. The van der Waals surface area contributed by atoms with E-state index < -0.39 is 90.6 Å². The second-order valence-electron chi connectivity index (χ2n) is 9.29. The molecule has 0 N–H and O–H groups in total. The molecule has 0 aliphatic rings. The first-order valence-electron chi connectivity index (χ1n) is 20.3. The van der Waals surface area contributed by atoms with Gasteiger partial charge in [0.2, 0.25) is 0 Å². The van der Waals surface area contributed by atoms with E-state index in [1.807, 2.05) is 0 Å². The minimum atomic E-state index is -0.595. The van der Waals surface area contributed by atoms with Gasteiger partial charge in [-0.1, -0.05) is 139 Å². The first kappa shape index (κ1) is 12.8. The Morgan fingerprint density at radius 2 is 1.07 bits per heavy atom. The number of imidazole rings is 1. The van der Waals surface area contributed by atoms with Gasteiger partial charge in [0.25, 0.3) is 0 Å². The van der Waals surface area contributed by atoms with E-state index in [1.165, 1.54) is 0 Å². The van der Waals surface area contributed by atoms with Crippen molar-refractivity contribution in [1.29, 1.82) is 0 Å². The summed E-state index contributed by atoms with van der Waals surface area (Å²) >= 11 is 0. The van der Waals surface area contributed by atoms with E-state index in [1.54, 1.807) is 71.3 Å². The Hall–Kier alpha value is -5.47. The third-order valence-electron chi connectivity index (χ3n) is 7.04. The van der Waals surface area contributed by atoms with Crippen LogP contribution in [0, 0.1) is 0 Å². The molecule has 0 aliphatic heterocycles. The van der Waals surface area contributed by atoms with Crippen molar-refractivity contribution in [1.82, 2.24) is 9.55 Å². The maximum atomic E-state index is 9.03. The van der Waals surface area contributed by atoms with E-state index in [-0.39, 0.29) is 39.0 Å². The fraction of sp³-hybridized carbons (Fsp3) is 0. The summed E-state index contributed by atoms with van der Waals surface area (Å²) in [7, 11) is 0. The summed E-state index contributed by atoms with van der Waals surface area (Å²) in [4.78, 5) is 4.82. The molecule has 1 heterocycles. The fourth-order valence-electron chi connectivity index (χ4n) is 5.37. The minimum Gasteiger partial charge on any atom is -0.291 e. The normalized spacial score (nSPS) is 16.5. The summed E-state index contributed by atoms with van der Waals surface area (Å²) in [6, 6.07) is 10.6. The van der Waals surface area contributed by atoms with Gasteiger partial charge in [-0.25, -0.2) is 4.98 Å². The number of hydrogen-bond acceptors (Lipinski definition) is 1. The van der Waals surface area contributed by atoms with Gasteiger partial charge in [-0.05, 0) is 51.2 Å². The van der Waals surface area contributed by atoms with Crippen molar-refractivity contribution in [2.45, 2.75) is 0 Å². The van der Waals surface area contributed by atoms with Crippen molar-refractivity contribution >= 4 is 32.6 Å². The molecule has 0 radical (unpaired) electrons. The molecular weight excluding hydrogens is 496 g/mol. The predicted molar refractivity (Wildman–Crippen MR) is 172 cm³/mol. The number of hydrogen-bond donors (Lipinski definition) is 0. The molecule has 0 saturated heterocycles. The molecule has 7 aromatic carbocycles. The smallest absolute Gasteiger partial charge is 0.145 e. The molecule has 8 rings (SSSR count). The molecule has 0 saturated carbocycles. The highest BCUT2D eigenvalue weighted by atomic mass is 15.1. The standard InChI is InChI=1S/C39H26N2/c1-4-14-27(15-5-1)30-24-25-33-34(26-30)37(28-16-6-2-7-17-28)31-20-10-11-21-32(31)38(33)41-36-23-13-12-22-35(36)40-39(41)29-18-8-3-9-19-29/h1-26H/i1D,2D,3D,4D,5D,6D,7D,8D,9D,14D,15D,16D,17D,18D,19D. The van der Waals surface area contributed by atoms with E-state index in [0.29, 0.717) is 32.9 Å². The van der Waals surface area contributed by atoms with Crippen LogP contribution in [0.4, 0.5) is 0 Å². The average Bonchev–Trinajstić information content (AvgIpc) is 3.57. The molecular formula is C39H26N2. The zero-order chi connectivity index (χ0) is 40.2.